The van der Waals surface area contributed by atoms with Crippen molar-refractivity contribution in [2.75, 3.05) is 19.8 Å². The van der Waals surface area contributed by atoms with Crippen LogP contribution in [0.4, 0.5) is 0 Å². The minimum absolute atomic E-state index is 0.0754. The summed E-state index contributed by atoms with van der Waals surface area (Å²) >= 11 is 0. The Kier molecular flexibility index (Phi) is 8.55. The van der Waals surface area contributed by atoms with Crippen molar-refractivity contribution in [3.05, 3.63) is 71.8 Å². The van der Waals surface area contributed by atoms with Crippen LogP contribution in [0, 0.1) is 5.92 Å². The first-order valence-corrected chi connectivity index (χ1v) is 11.4. The molecule has 0 aromatic heterocycles. The number of amides is 2. The van der Waals surface area contributed by atoms with E-state index in [1.807, 2.05) is 74.5 Å². The molecule has 0 bridgehead atoms. The van der Waals surface area contributed by atoms with E-state index in [9.17, 15) is 24.6 Å². The molecule has 0 spiro atoms. The maximum absolute atomic E-state index is 13.3. The van der Waals surface area contributed by atoms with E-state index in [1.54, 1.807) is 0 Å². The van der Waals surface area contributed by atoms with E-state index in [-0.39, 0.29) is 12.5 Å². The Morgan fingerprint density at radius 2 is 1.38 bits per heavy atom. The molecule has 2 unspecified atom stereocenters. The van der Waals surface area contributed by atoms with Gasteiger partial charge < -0.3 is 25.6 Å². The average Bonchev–Trinajstić information content (AvgIpc) is 3.64. The van der Waals surface area contributed by atoms with Crippen LogP contribution in [-0.2, 0) is 19.1 Å². The Morgan fingerprint density at radius 3 is 1.79 bits per heavy atom. The van der Waals surface area contributed by atoms with Crippen molar-refractivity contribution in [3.63, 3.8) is 0 Å². The highest BCUT2D eigenvalue weighted by atomic mass is 16.6. The molecule has 1 saturated heterocycles. The van der Waals surface area contributed by atoms with Gasteiger partial charge in [0.15, 0.2) is 11.4 Å². The first-order chi connectivity index (χ1) is 16.3. The summed E-state index contributed by atoms with van der Waals surface area (Å²) in [5.41, 5.74) is 0.204. The molecular formula is C26H32N2O6. The number of Topliss-reactive ketones (excluding diaryl/α,β-unsaturated/α-hetero) is 1. The molecule has 8 heteroatoms. The lowest BCUT2D eigenvalue weighted by atomic mass is 9.90. The molecule has 3 rings (SSSR count). The molecule has 2 aromatic rings. The van der Waals surface area contributed by atoms with Crippen LogP contribution in [0.15, 0.2) is 60.7 Å². The second kappa shape index (κ2) is 11.4. The molecule has 0 aliphatic carbocycles. The van der Waals surface area contributed by atoms with Gasteiger partial charge in [0.1, 0.15) is 6.04 Å². The van der Waals surface area contributed by atoms with Crippen molar-refractivity contribution in [3.8, 4) is 0 Å². The zero-order chi connectivity index (χ0) is 24.7. The van der Waals surface area contributed by atoms with Crippen molar-refractivity contribution in [2.45, 2.75) is 43.9 Å². The highest BCUT2D eigenvalue weighted by Crippen LogP contribution is 2.30. The Bertz CT molecular complexity index is 936. The molecule has 0 radical (unpaired) electrons. The van der Waals surface area contributed by atoms with E-state index in [1.165, 1.54) is 0 Å². The predicted molar refractivity (Wildman–Crippen MR) is 126 cm³/mol. The number of nitrogens with one attached hydrogen (secondary N) is 2. The number of aliphatic hydroxyl groups is 2. The van der Waals surface area contributed by atoms with Gasteiger partial charge in [-0.15, -0.1) is 0 Å². The van der Waals surface area contributed by atoms with Crippen molar-refractivity contribution in [2.24, 2.45) is 5.92 Å². The fourth-order valence-corrected chi connectivity index (χ4v) is 3.93. The van der Waals surface area contributed by atoms with Gasteiger partial charge in [-0.2, -0.15) is 0 Å². The van der Waals surface area contributed by atoms with E-state index in [0.29, 0.717) is 6.42 Å². The summed E-state index contributed by atoms with van der Waals surface area (Å²) in [7, 11) is 0. The van der Waals surface area contributed by atoms with Crippen LogP contribution in [0.3, 0.4) is 0 Å². The van der Waals surface area contributed by atoms with Gasteiger partial charge in [0, 0.05) is 0 Å². The van der Waals surface area contributed by atoms with E-state index in [0.717, 1.165) is 11.1 Å². The number of aliphatic hydroxyl groups excluding tert-OH is 2. The molecule has 3 atom stereocenters. The largest absolute Gasteiger partial charge is 0.394 e. The van der Waals surface area contributed by atoms with Gasteiger partial charge in [-0.05, 0) is 23.5 Å². The molecule has 1 aliphatic rings. The quantitative estimate of drug-likeness (QED) is 0.346. The summed E-state index contributed by atoms with van der Waals surface area (Å²) in [4.78, 5) is 39.2. The van der Waals surface area contributed by atoms with Crippen LogP contribution in [0.5, 0.6) is 0 Å². The van der Waals surface area contributed by atoms with Crippen LogP contribution in [0.25, 0.3) is 0 Å². The highest BCUT2D eigenvalue weighted by Gasteiger charge is 2.54. The number of hydrogen-bond acceptors (Lipinski definition) is 6. The van der Waals surface area contributed by atoms with Crippen molar-refractivity contribution < 1.29 is 29.3 Å². The van der Waals surface area contributed by atoms with E-state index in [2.05, 4.69) is 10.6 Å². The van der Waals surface area contributed by atoms with E-state index in [4.69, 9.17) is 4.74 Å². The average molecular weight is 469 g/mol. The number of epoxide rings is 1. The third-order valence-corrected chi connectivity index (χ3v) is 5.88. The second-order valence-electron chi connectivity index (χ2n) is 8.99. The van der Waals surface area contributed by atoms with Crippen molar-refractivity contribution >= 4 is 17.6 Å². The van der Waals surface area contributed by atoms with E-state index >= 15 is 0 Å². The molecule has 2 aromatic carbocycles. The zero-order valence-electron chi connectivity index (χ0n) is 19.4. The Hall–Kier alpha value is -3.07. The molecule has 1 fully saturated rings. The minimum atomic E-state index is -1.28. The normalized spacial score (nSPS) is 18.9. The number of hydrogen-bond donors (Lipinski definition) is 4. The van der Waals surface area contributed by atoms with Crippen LogP contribution >= 0.6 is 0 Å². The smallest absolute Gasteiger partial charge is 0.245 e. The maximum atomic E-state index is 13.3. The molecule has 182 valence electrons. The number of carbonyl (C=O) groups excluding carboxylic acids is 3. The number of benzene rings is 2. The summed E-state index contributed by atoms with van der Waals surface area (Å²) in [6.45, 7) is 2.80. The SMILES string of the molecule is CC(C)CC(NC(=O)[C@H](CO)NC(=O)C(c1ccccc1)c1ccccc1)C(=O)C1(CO)CO1. The lowest BCUT2D eigenvalue weighted by Gasteiger charge is -2.26. The number of ether oxygens (including phenoxy) is 1. The van der Waals surface area contributed by atoms with Gasteiger partial charge in [-0.25, -0.2) is 0 Å². The summed E-state index contributed by atoms with van der Waals surface area (Å²) in [5.74, 6) is -2.15. The third kappa shape index (κ3) is 6.08. The number of carbonyl (C=O) groups is 3. The Morgan fingerprint density at radius 1 is 0.882 bits per heavy atom. The fourth-order valence-electron chi connectivity index (χ4n) is 3.93. The summed E-state index contributed by atoms with van der Waals surface area (Å²) in [5, 5.41) is 24.7. The second-order valence-corrected chi connectivity index (χ2v) is 8.99. The lowest BCUT2D eigenvalue weighted by Crippen LogP contribution is -2.56. The van der Waals surface area contributed by atoms with Crippen LogP contribution in [0.2, 0.25) is 0 Å². The topological polar surface area (TPSA) is 128 Å². The standard InChI is InChI=1S/C26H32N2O6/c1-17(2)13-20(23(31)26(15-30)16-34-26)27-24(32)21(14-29)28-25(33)22(18-9-5-3-6-10-18)19-11-7-4-8-12-19/h3-12,17,20-22,29-30H,13-16H2,1-2H3,(H,27,32)(H,28,33)/t20?,21-,26?/m0/s1. The Balaban J connectivity index is 1.77. The van der Waals surface area contributed by atoms with Gasteiger partial charge >= 0.3 is 0 Å². The van der Waals surface area contributed by atoms with Crippen LogP contribution in [-0.4, -0.2) is 65.3 Å². The van der Waals surface area contributed by atoms with Gasteiger partial charge in [-0.3, -0.25) is 14.4 Å². The summed E-state index contributed by atoms with van der Waals surface area (Å²) < 4.78 is 5.16. The summed E-state index contributed by atoms with van der Waals surface area (Å²) in [6, 6.07) is 16.1. The molecule has 34 heavy (non-hydrogen) atoms. The van der Waals surface area contributed by atoms with Gasteiger partial charge in [0.05, 0.1) is 31.8 Å². The molecule has 4 N–H and O–H groups in total. The lowest BCUT2D eigenvalue weighted by molar-refractivity contribution is -0.134. The molecular weight excluding hydrogens is 436 g/mol. The molecule has 1 aliphatic heterocycles. The van der Waals surface area contributed by atoms with E-state index < -0.39 is 54.4 Å². The molecule has 1 heterocycles. The number of ketones is 1. The van der Waals surface area contributed by atoms with Gasteiger partial charge in [-0.1, -0.05) is 74.5 Å². The summed E-state index contributed by atoms with van der Waals surface area (Å²) in [6.07, 6.45) is 0.332. The first kappa shape index (κ1) is 25.6. The van der Waals surface area contributed by atoms with Gasteiger partial charge in [0.2, 0.25) is 11.8 Å². The van der Waals surface area contributed by atoms with Crippen LogP contribution in [0.1, 0.15) is 37.3 Å². The fraction of sp³-hybridized carbons (Fsp3) is 0.423. The molecule has 0 saturated carbocycles. The van der Waals surface area contributed by atoms with Gasteiger partial charge in [0.25, 0.3) is 0 Å². The van der Waals surface area contributed by atoms with Crippen molar-refractivity contribution in [1.82, 2.24) is 10.6 Å². The molecule has 8 nitrogen and oxygen atoms in total. The van der Waals surface area contributed by atoms with Crippen LogP contribution < -0.4 is 10.6 Å². The Labute approximate surface area is 199 Å². The highest BCUT2D eigenvalue weighted by molar-refractivity contribution is 5.98. The number of rotatable bonds is 12. The monoisotopic (exact) mass is 468 g/mol. The zero-order valence-corrected chi connectivity index (χ0v) is 19.4. The molecule has 2 amide bonds. The predicted octanol–water partition coefficient (Wildman–Crippen LogP) is 1.16. The minimum Gasteiger partial charge on any atom is -0.394 e. The third-order valence-electron chi connectivity index (χ3n) is 5.88. The first-order valence-electron chi connectivity index (χ1n) is 11.4. The van der Waals surface area contributed by atoms with Crippen molar-refractivity contribution in [1.29, 1.82) is 0 Å². The maximum Gasteiger partial charge on any atom is 0.245 e.